The Bertz CT molecular complexity index is 539. The Morgan fingerprint density at radius 1 is 1.22 bits per heavy atom. The Labute approximate surface area is 138 Å². The van der Waals surface area contributed by atoms with Crippen molar-refractivity contribution in [2.24, 2.45) is 5.92 Å². The predicted octanol–water partition coefficient (Wildman–Crippen LogP) is 3.24. The number of rotatable bonds is 5. The van der Waals surface area contributed by atoms with Gasteiger partial charge in [-0.05, 0) is 56.7 Å². The zero-order valence-corrected chi connectivity index (χ0v) is 13.9. The summed E-state index contributed by atoms with van der Waals surface area (Å²) < 4.78 is 5.99. The highest BCUT2D eigenvalue weighted by atomic mass is 16.5. The fourth-order valence-corrected chi connectivity index (χ4v) is 3.79. The molecule has 1 aromatic carbocycles. The fraction of sp³-hybridized carbons (Fsp3) is 0.632. The number of carbonyl (C=O) groups is 1. The largest absolute Gasteiger partial charge is 0.490 e. The van der Waals surface area contributed by atoms with Crippen molar-refractivity contribution < 1.29 is 14.6 Å². The van der Waals surface area contributed by atoms with Crippen molar-refractivity contribution in [2.75, 3.05) is 13.6 Å². The minimum Gasteiger partial charge on any atom is -0.490 e. The molecule has 1 aromatic rings. The van der Waals surface area contributed by atoms with Gasteiger partial charge in [-0.1, -0.05) is 12.5 Å². The summed E-state index contributed by atoms with van der Waals surface area (Å²) in [6, 6.07) is 7.50. The van der Waals surface area contributed by atoms with Crippen molar-refractivity contribution in [3.05, 3.63) is 29.8 Å². The van der Waals surface area contributed by atoms with E-state index in [4.69, 9.17) is 4.74 Å². The number of carbonyl (C=O) groups excluding carboxylic acids is 1. The van der Waals surface area contributed by atoms with E-state index in [2.05, 4.69) is 0 Å². The van der Waals surface area contributed by atoms with Gasteiger partial charge in [-0.15, -0.1) is 0 Å². The SMILES string of the molecule is CN(CC1CCCC1O)C(=O)c1cccc(OC2CCCC2)c1. The van der Waals surface area contributed by atoms with Gasteiger partial charge in [0.25, 0.3) is 5.91 Å². The van der Waals surface area contributed by atoms with Crippen LogP contribution in [0.1, 0.15) is 55.3 Å². The molecule has 0 spiro atoms. The van der Waals surface area contributed by atoms with Crippen LogP contribution < -0.4 is 4.74 Å². The van der Waals surface area contributed by atoms with Gasteiger partial charge in [0.1, 0.15) is 5.75 Å². The van der Waals surface area contributed by atoms with Crippen LogP contribution in [0.5, 0.6) is 5.75 Å². The molecule has 0 saturated heterocycles. The van der Waals surface area contributed by atoms with Crippen LogP contribution in [0.4, 0.5) is 0 Å². The second-order valence-corrected chi connectivity index (χ2v) is 7.00. The van der Waals surface area contributed by atoms with Crippen molar-refractivity contribution in [3.8, 4) is 5.75 Å². The Hall–Kier alpha value is -1.55. The van der Waals surface area contributed by atoms with Crippen molar-refractivity contribution >= 4 is 5.91 Å². The molecular formula is C19H27NO3. The third kappa shape index (κ3) is 4.05. The highest BCUT2D eigenvalue weighted by Gasteiger charge is 2.28. The predicted molar refractivity (Wildman–Crippen MR) is 89.6 cm³/mol. The number of nitrogens with zero attached hydrogens (tertiary/aromatic N) is 1. The van der Waals surface area contributed by atoms with Crippen LogP contribution in [0, 0.1) is 5.92 Å². The summed E-state index contributed by atoms with van der Waals surface area (Å²) in [5, 5.41) is 9.94. The van der Waals surface area contributed by atoms with Crippen LogP contribution >= 0.6 is 0 Å². The van der Waals surface area contributed by atoms with E-state index in [-0.39, 0.29) is 17.9 Å². The van der Waals surface area contributed by atoms with E-state index in [9.17, 15) is 9.90 Å². The number of aliphatic hydroxyl groups excluding tert-OH is 1. The van der Waals surface area contributed by atoms with Gasteiger partial charge >= 0.3 is 0 Å². The number of benzene rings is 1. The molecule has 0 radical (unpaired) electrons. The lowest BCUT2D eigenvalue weighted by Crippen LogP contribution is -2.34. The summed E-state index contributed by atoms with van der Waals surface area (Å²) >= 11 is 0. The summed E-state index contributed by atoms with van der Waals surface area (Å²) in [6.45, 7) is 0.619. The lowest BCUT2D eigenvalue weighted by molar-refractivity contribution is 0.0693. The van der Waals surface area contributed by atoms with Gasteiger partial charge in [-0.25, -0.2) is 0 Å². The van der Waals surface area contributed by atoms with Gasteiger partial charge in [-0.3, -0.25) is 4.79 Å². The maximum absolute atomic E-state index is 12.6. The zero-order valence-electron chi connectivity index (χ0n) is 13.9. The molecule has 0 heterocycles. The van der Waals surface area contributed by atoms with Gasteiger partial charge in [0.05, 0.1) is 12.2 Å². The molecule has 2 aliphatic carbocycles. The summed E-state index contributed by atoms with van der Waals surface area (Å²) in [7, 11) is 1.82. The quantitative estimate of drug-likeness (QED) is 0.907. The van der Waals surface area contributed by atoms with E-state index in [1.54, 1.807) is 4.90 Å². The topological polar surface area (TPSA) is 49.8 Å². The van der Waals surface area contributed by atoms with Crippen molar-refractivity contribution in [2.45, 2.75) is 57.2 Å². The van der Waals surface area contributed by atoms with Gasteiger partial charge < -0.3 is 14.7 Å². The summed E-state index contributed by atoms with van der Waals surface area (Å²) in [6.07, 6.45) is 7.63. The molecule has 2 aliphatic rings. The third-order valence-electron chi connectivity index (χ3n) is 5.16. The number of ether oxygens (including phenoxy) is 1. The van der Waals surface area contributed by atoms with Crippen LogP contribution in [0.25, 0.3) is 0 Å². The number of aliphatic hydroxyl groups is 1. The summed E-state index contributed by atoms with van der Waals surface area (Å²) in [5.41, 5.74) is 0.662. The molecule has 3 rings (SSSR count). The van der Waals surface area contributed by atoms with Crippen molar-refractivity contribution in [3.63, 3.8) is 0 Å². The molecule has 2 unspecified atom stereocenters. The maximum Gasteiger partial charge on any atom is 0.253 e. The minimum absolute atomic E-state index is 0.000900. The molecule has 0 aromatic heterocycles. The monoisotopic (exact) mass is 317 g/mol. The first-order chi connectivity index (χ1) is 11.1. The summed E-state index contributed by atoms with van der Waals surface area (Å²) in [4.78, 5) is 14.3. The first kappa shape index (κ1) is 16.3. The highest BCUT2D eigenvalue weighted by Crippen LogP contribution is 2.27. The van der Waals surface area contributed by atoms with E-state index in [1.807, 2.05) is 31.3 Å². The van der Waals surface area contributed by atoms with Crippen LogP contribution in [0.2, 0.25) is 0 Å². The molecule has 0 aliphatic heterocycles. The molecule has 1 amide bonds. The third-order valence-corrected chi connectivity index (χ3v) is 5.16. The molecule has 2 saturated carbocycles. The van der Waals surface area contributed by atoms with Crippen LogP contribution in [0.15, 0.2) is 24.3 Å². The first-order valence-electron chi connectivity index (χ1n) is 8.84. The fourth-order valence-electron chi connectivity index (χ4n) is 3.79. The average Bonchev–Trinajstić information content (AvgIpc) is 3.19. The van der Waals surface area contributed by atoms with Crippen LogP contribution in [-0.2, 0) is 0 Å². The first-order valence-corrected chi connectivity index (χ1v) is 8.84. The lowest BCUT2D eigenvalue weighted by atomic mass is 10.1. The van der Waals surface area contributed by atoms with Gasteiger partial charge in [-0.2, -0.15) is 0 Å². The van der Waals surface area contributed by atoms with Crippen LogP contribution in [0.3, 0.4) is 0 Å². The Morgan fingerprint density at radius 3 is 2.70 bits per heavy atom. The lowest BCUT2D eigenvalue weighted by Gasteiger charge is -2.23. The van der Waals surface area contributed by atoms with E-state index in [0.717, 1.165) is 37.9 Å². The number of hydrogen-bond donors (Lipinski definition) is 1. The van der Waals surface area contributed by atoms with E-state index in [0.29, 0.717) is 18.2 Å². The van der Waals surface area contributed by atoms with E-state index >= 15 is 0 Å². The maximum atomic E-state index is 12.6. The van der Waals surface area contributed by atoms with Crippen molar-refractivity contribution in [1.82, 2.24) is 4.90 Å². The van der Waals surface area contributed by atoms with Gasteiger partial charge in [0.2, 0.25) is 0 Å². The number of amides is 1. The van der Waals surface area contributed by atoms with Gasteiger partial charge in [0.15, 0.2) is 0 Å². The van der Waals surface area contributed by atoms with E-state index < -0.39 is 0 Å². The molecule has 1 N–H and O–H groups in total. The molecule has 4 heteroatoms. The average molecular weight is 317 g/mol. The molecular weight excluding hydrogens is 290 g/mol. The standard InChI is InChI=1S/C19H27NO3/c1-20(13-15-7-5-11-18(15)21)19(22)14-6-4-10-17(12-14)23-16-8-2-3-9-16/h4,6,10,12,15-16,18,21H,2-3,5,7-9,11,13H2,1H3. The van der Waals surface area contributed by atoms with Gasteiger partial charge in [0, 0.05) is 25.1 Å². The Kier molecular flexibility index (Phi) is 5.21. The Morgan fingerprint density at radius 2 is 2.00 bits per heavy atom. The van der Waals surface area contributed by atoms with Crippen LogP contribution in [-0.4, -0.2) is 41.7 Å². The second-order valence-electron chi connectivity index (χ2n) is 7.00. The minimum atomic E-state index is -0.262. The summed E-state index contributed by atoms with van der Waals surface area (Å²) in [5.74, 6) is 1.000. The van der Waals surface area contributed by atoms with Crippen molar-refractivity contribution in [1.29, 1.82) is 0 Å². The molecule has 126 valence electrons. The normalized spacial score (nSPS) is 24.8. The molecule has 23 heavy (non-hydrogen) atoms. The Balaban J connectivity index is 1.61. The molecule has 2 atom stereocenters. The molecule has 4 nitrogen and oxygen atoms in total. The number of hydrogen-bond acceptors (Lipinski definition) is 3. The molecule has 0 bridgehead atoms. The highest BCUT2D eigenvalue weighted by molar-refractivity contribution is 5.94. The second kappa shape index (κ2) is 7.35. The zero-order chi connectivity index (χ0) is 16.2. The smallest absolute Gasteiger partial charge is 0.253 e. The molecule has 2 fully saturated rings. The van der Waals surface area contributed by atoms with E-state index in [1.165, 1.54) is 12.8 Å².